The van der Waals surface area contributed by atoms with E-state index in [1.54, 1.807) is 11.8 Å². The van der Waals surface area contributed by atoms with E-state index in [9.17, 15) is 14.0 Å². The minimum Gasteiger partial charge on any atom is -0.333 e. The fraction of sp³-hybridized carbons (Fsp3) is 0.278. The largest absolute Gasteiger partial charge is 0.333 e. The predicted octanol–water partition coefficient (Wildman–Crippen LogP) is 2.69. The Morgan fingerprint density at radius 1 is 1.25 bits per heavy atom. The van der Waals surface area contributed by atoms with E-state index in [2.05, 4.69) is 10.3 Å². The highest BCUT2D eigenvalue weighted by Gasteiger charge is 2.25. The van der Waals surface area contributed by atoms with Crippen LogP contribution in [0.5, 0.6) is 0 Å². The maximum absolute atomic E-state index is 14.0. The van der Waals surface area contributed by atoms with Crippen molar-refractivity contribution in [3.63, 3.8) is 0 Å². The topological polar surface area (TPSA) is 62.3 Å². The summed E-state index contributed by atoms with van der Waals surface area (Å²) in [7, 11) is 0. The van der Waals surface area contributed by atoms with Crippen LogP contribution >= 0.6 is 0 Å². The lowest BCUT2D eigenvalue weighted by atomic mass is 9.98. The van der Waals surface area contributed by atoms with Crippen molar-refractivity contribution in [1.82, 2.24) is 9.88 Å². The average molecular weight is 327 g/mol. The minimum absolute atomic E-state index is 0.149. The van der Waals surface area contributed by atoms with Crippen LogP contribution in [0.3, 0.4) is 0 Å². The second kappa shape index (κ2) is 6.39. The number of pyridine rings is 1. The molecule has 1 N–H and O–H groups in total. The number of aromatic nitrogens is 1. The van der Waals surface area contributed by atoms with Gasteiger partial charge in [-0.15, -0.1) is 0 Å². The fourth-order valence-electron chi connectivity index (χ4n) is 2.85. The summed E-state index contributed by atoms with van der Waals surface area (Å²) < 4.78 is 14.0. The van der Waals surface area contributed by atoms with Gasteiger partial charge in [-0.05, 0) is 48.2 Å². The Labute approximate surface area is 139 Å². The summed E-state index contributed by atoms with van der Waals surface area (Å²) in [6.45, 7) is 4.06. The van der Waals surface area contributed by atoms with E-state index in [1.165, 1.54) is 19.2 Å². The summed E-state index contributed by atoms with van der Waals surface area (Å²) in [5.41, 5.74) is 3.30. The van der Waals surface area contributed by atoms with Crippen molar-refractivity contribution in [2.75, 3.05) is 11.9 Å². The number of hydrogen-bond donors (Lipinski definition) is 1. The van der Waals surface area contributed by atoms with Gasteiger partial charge in [-0.3, -0.25) is 9.59 Å². The minimum atomic E-state index is -0.599. The third kappa shape index (κ3) is 3.27. The molecule has 3 rings (SSSR count). The highest BCUT2D eigenvalue weighted by molar-refractivity contribution is 5.93. The van der Waals surface area contributed by atoms with Crippen LogP contribution in [0.2, 0.25) is 0 Å². The lowest BCUT2D eigenvalue weighted by molar-refractivity contribution is -0.114. The molecule has 0 saturated heterocycles. The summed E-state index contributed by atoms with van der Waals surface area (Å²) in [6.07, 6.45) is 2.18. The Morgan fingerprint density at radius 2 is 2.04 bits per heavy atom. The number of anilines is 1. The van der Waals surface area contributed by atoms with Crippen molar-refractivity contribution in [1.29, 1.82) is 0 Å². The van der Waals surface area contributed by atoms with Crippen molar-refractivity contribution >= 4 is 17.5 Å². The molecule has 1 aromatic carbocycles. The maximum atomic E-state index is 14.0. The first-order valence-corrected chi connectivity index (χ1v) is 7.75. The summed E-state index contributed by atoms with van der Waals surface area (Å²) in [5, 5.41) is 2.73. The Kier molecular flexibility index (Phi) is 4.29. The number of halogens is 1. The second-order valence-electron chi connectivity index (χ2n) is 5.98. The molecule has 24 heavy (non-hydrogen) atoms. The van der Waals surface area contributed by atoms with Gasteiger partial charge in [-0.1, -0.05) is 6.07 Å². The molecule has 0 spiro atoms. The summed E-state index contributed by atoms with van der Waals surface area (Å²) >= 11 is 0. The standard InChI is InChI=1S/C18H18FN3O2/c1-11-7-16(19)17(20-9-11)18(24)22-6-5-13-3-4-15(21-12(2)23)8-14(13)10-22/h3-4,7-9H,5-6,10H2,1-2H3,(H,21,23). The lowest BCUT2D eigenvalue weighted by Crippen LogP contribution is -2.37. The molecule has 1 aromatic heterocycles. The second-order valence-corrected chi connectivity index (χ2v) is 5.98. The Balaban J connectivity index is 1.83. The Bertz CT molecular complexity index is 820. The molecule has 5 nitrogen and oxygen atoms in total. The van der Waals surface area contributed by atoms with Crippen molar-refractivity contribution in [3.05, 3.63) is 58.7 Å². The number of amides is 2. The molecule has 2 aromatic rings. The van der Waals surface area contributed by atoms with Crippen LogP contribution in [0, 0.1) is 12.7 Å². The molecule has 124 valence electrons. The van der Waals surface area contributed by atoms with Crippen LogP contribution in [-0.4, -0.2) is 28.2 Å². The number of carbonyl (C=O) groups is 2. The van der Waals surface area contributed by atoms with Crippen LogP contribution in [0.15, 0.2) is 30.5 Å². The monoisotopic (exact) mass is 327 g/mol. The molecule has 0 aliphatic carbocycles. The maximum Gasteiger partial charge on any atom is 0.275 e. The number of nitrogens with zero attached hydrogens (tertiary/aromatic N) is 2. The third-order valence-electron chi connectivity index (χ3n) is 4.01. The van der Waals surface area contributed by atoms with Gasteiger partial charge in [0.1, 0.15) is 0 Å². The van der Waals surface area contributed by atoms with Gasteiger partial charge >= 0.3 is 0 Å². The highest BCUT2D eigenvalue weighted by Crippen LogP contribution is 2.24. The molecule has 0 fully saturated rings. The molecular weight excluding hydrogens is 309 g/mol. The average Bonchev–Trinajstić information content (AvgIpc) is 2.53. The molecule has 0 bridgehead atoms. The van der Waals surface area contributed by atoms with Crippen molar-refractivity contribution in [3.8, 4) is 0 Å². The van der Waals surface area contributed by atoms with E-state index < -0.39 is 11.7 Å². The normalized spacial score (nSPS) is 13.4. The molecular formula is C18H18FN3O2. The SMILES string of the molecule is CC(=O)Nc1ccc2c(c1)CN(C(=O)c1ncc(C)cc1F)CC2. The van der Waals surface area contributed by atoms with Crippen LogP contribution < -0.4 is 5.32 Å². The summed E-state index contributed by atoms with van der Waals surface area (Å²) in [4.78, 5) is 29.3. The van der Waals surface area contributed by atoms with Gasteiger partial charge in [0.15, 0.2) is 11.5 Å². The lowest BCUT2D eigenvalue weighted by Gasteiger charge is -2.29. The molecule has 0 saturated carbocycles. The Hall–Kier alpha value is -2.76. The first-order chi connectivity index (χ1) is 11.4. The fourth-order valence-corrected chi connectivity index (χ4v) is 2.85. The molecule has 0 unspecified atom stereocenters. The third-order valence-corrected chi connectivity index (χ3v) is 4.01. The van der Waals surface area contributed by atoms with Crippen LogP contribution in [0.1, 0.15) is 34.1 Å². The molecule has 6 heteroatoms. The van der Waals surface area contributed by atoms with E-state index in [0.29, 0.717) is 30.8 Å². The zero-order chi connectivity index (χ0) is 17.3. The van der Waals surface area contributed by atoms with Gasteiger partial charge < -0.3 is 10.2 Å². The van der Waals surface area contributed by atoms with Gasteiger partial charge in [0.2, 0.25) is 5.91 Å². The van der Waals surface area contributed by atoms with E-state index in [1.807, 2.05) is 18.2 Å². The van der Waals surface area contributed by atoms with Gasteiger partial charge in [-0.25, -0.2) is 9.37 Å². The van der Waals surface area contributed by atoms with E-state index in [4.69, 9.17) is 0 Å². The van der Waals surface area contributed by atoms with Gasteiger partial charge in [0.25, 0.3) is 5.91 Å². The molecule has 1 aliphatic rings. The van der Waals surface area contributed by atoms with E-state index >= 15 is 0 Å². The molecule has 2 heterocycles. The number of aryl methyl sites for hydroxylation is 1. The van der Waals surface area contributed by atoms with Crippen LogP contribution in [-0.2, 0) is 17.8 Å². The number of rotatable bonds is 2. The van der Waals surface area contributed by atoms with Crippen molar-refractivity contribution < 1.29 is 14.0 Å². The zero-order valence-electron chi connectivity index (χ0n) is 13.6. The van der Waals surface area contributed by atoms with Crippen LogP contribution in [0.4, 0.5) is 10.1 Å². The molecule has 1 aliphatic heterocycles. The number of fused-ring (bicyclic) bond motifs is 1. The number of nitrogens with one attached hydrogen (secondary N) is 1. The number of benzene rings is 1. The van der Waals surface area contributed by atoms with Gasteiger partial charge in [0, 0.05) is 31.9 Å². The van der Waals surface area contributed by atoms with Gasteiger partial charge in [-0.2, -0.15) is 0 Å². The van der Waals surface area contributed by atoms with Gasteiger partial charge in [0.05, 0.1) is 0 Å². The predicted molar refractivity (Wildman–Crippen MR) is 88.1 cm³/mol. The molecule has 0 radical (unpaired) electrons. The first kappa shape index (κ1) is 16.1. The highest BCUT2D eigenvalue weighted by atomic mass is 19.1. The molecule has 2 amide bonds. The smallest absolute Gasteiger partial charge is 0.275 e. The quantitative estimate of drug-likeness (QED) is 0.922. The summed E-state index contributed by atoms with van der Waals surface area (Å²) in [6, 6.07) is 6.97. The first-order valence-electron chi connectivity index (χ1n) is 7.75. The number of carbonyl (C=O) groups excluding carboxylic acids is 2. The van der Waals surface area contributed by atoms with E-state index in [0.717, 1.165) is 11.1 Å². The summed E-state index contributed by atoms with van der Waals surface area (Å²) in [5.74, 6) is -1.16. The van der Waals surface area contributed by atoms with E-state index in [-0.39, 0.29) is 11.6 Å². The van der Waals surface area contributed by atoms with Crippen molar-refractivity contribution in [2.45, 2.75) is 26.8 Å². The Morgan fingerprint density at radius 3 is 2.75 bits per heavy atom. The molecule has 0 atom stereocenters. The number of hydrogen-bond acceptors (Lipinski definition) is 3. The van der Waals surface area contributed by atoms with Crippen molar-refractivity contribution in [2.24, 2.45) is 0 Å². The zero-order valence-corrected chi connectivity index (χ0v) is 13.6. The van der Waals surface area contributed by atoms with Crippen LogP contribution in [0.25, 0.3) is 0 Å².